The standard InChI is InChI=1S/C23H26FN5/c1-2-27(18-19-6-4-3-5-7-19)23-25-13-12-22(26-23)29-16-14-28(15-17-29)21-10-8-20(24)9-11-21/h3-13H,2,14-18H2,1H3. The fraction of sp³-hybridized carbons (Fsp3) is 0.304. The molecule has 3 aromatic rings. The Morgan fingerprint density at radius 1 is 0.897 bits per heavy atom. The van der Waals surface area contributed by atoms with Crippen LogP contribution in [0.25, 0.3) is 0 Å². The Morgan fingerprint density at radius 2 is 1.59 bits per heavy atom. The maximum atomic E-state index is 13.2. The Morgan fingerprint density at radius 3 is 2.28 bits per heavy atom. The van der Waals surface area contributed by atoms with E-state index >= 15 is 0 Å². The van der Waals surface area contributed by atoms with Gasteiger partial charge in [-0.05, 0) is 42.8 Å². The van der Waals surface area contributed by atoms with Crippen LogP contribution in [-0.2, 0) is 6.54 Å². The van der Waals surface area contributed by atoms with Gasteiger partial charge in [-0.3, -0.25) is 0 Å². The van der Waals surface area contributed by atoms with Crippen molar-refractivity contribution in [2.75, 3.05) is 47.4 Å². The van der Waals surface area contributed by atoms with Crippen molar-refractivity contribution in [2.24, 2.45) is 0 Å². The largest absolute Gasteiger partial charge is 0.368 e. The van der Waals surface area contributed by atoms with E-state index in [-0.39, 0.29) is 5.82 Å². The molecule has 1 aliphatic heterocycles. The van der Waals surface area contributed by atoms with Gasteiger partial charge in [0, 0.05) is 51.2 Å². The third kappa shape index (κ3) is 4.65. The van der Waals surface area contributed by atoms with E-state index in [2.05, 4.69) is 50.9 Å². The van der Waals surface area contributed by atoms with Gasteiger partial charge in [0.05, 0.1) is 0 Å². The van der Waals surface area contributed by atoms with Gasteiger partial charge in [0.25, 0.3) is 0 Å². The zero-order valence-corrected chi connectivity index (χ0v) is 16.7. The van der Waals surface area contributed by atoms with Gasteiger partial charge in [0.1, 0.15) is 11.6 Å². The van der Waals surface area contributed by atoms with Crippen LogP contribution in [-0.4, -0.2) is 42.7 Å². The molecule has 0 aliphatic carbocycles. The van der Waals surface area contributed by atoms with E-state index in [1.807, 2.05) is 30.5 Å². The topological polar surface area (TPSA) is 35.5 Å². The lowest BCUT2D eigenvalue weighted by Crippen LogP contribution is -2.47. The minimum Gasteiger partial charge on any atom is -0.368 e. The first-order chi connectivity index (χ1) is 14.2. The number of halogens is 1. The van der Waals surface area contributed by atoms with E-state index in [4.69, 9.17) is 4.98 Å². The molecule has 1 fully saturated rings. The van der Waals surface area contributed by atoms with Crippen molar-refractivity contribution < 1.29 is 4.39 Å². The van der Waals surface area contributed by atoms with Crippen LogP contribution in [0.2, 0.25) is 0 Å². The normalized spacial score (nSPS) is 14.1. The molecular weight excluding hydrogens is 365 g/mol. The minimum absolute atomic E-state index is 0.197. The predicted molar refractivity (Wildman–Crippen MR) is 116 cm³/mol. The van der Waals surface area contributed by atoms with Gasteiger partial charge in [-0.25, -0.2) is 9.37 Å². The molecule has 2 aromatic carbocycles. The van der Waals surface area contributed by atoms with Crippen LogP contribution in [0.3, 0.4) is 0 Å². The molecule has 0 unspecified atom stereocenters. The van der Waals surface area contributed by atoms with E-state index in [1.54, 1.807) is 0 Å². The Labute approximate surface area is 171 Å². The fourth-order valence-corrected chi connectivity index (χ4v) is 3.64. The average molecular weight is 391 g/mol. The Bertz CT molecular complexity index is 908. The van der Waals surface area contributed by atoms with Crippen LogP contribution in [0.4, 0.5) is 21.8 Å². The van der Waals surface area contributed by atoms with Gasteiger partial charge >= 0.3 is 0 Å². The van der Waals surface area contributed by atoms with E-state index in [0.717, 1.165) is 56.7 Å². The summed E-state index contributed by atoms with van der Waals surface area (Å²) in [4.78, 5) is 16.1. The zero-order valence-electron chi connectivity index (χ0n) is 16.7. The van der Waals surface area contributed by atoms with Gasteiger partial charge < -0.3 is 14.7 Å². The lowest BCUT2D eigenvalue weighted by atomic mass is 10.2. The molecule has 1 saturated heterocycles. The lowest BCUT2D eigenvalue weighted by Gasteiger charge is -2.37. The highest BCUT2D eigenvalue weighted by atomic mass is 19.1. The summed E-state index contributed by atoms with van der Waals surface area (Å²) in [5.41, 5.74) is 2.31. The maximum Gasteiger partial charge on any atom is 0.227 e. The van der Waals surface area contributed by atoms with E-state index in [0.29, 0.717) is 0 Å². The Hall–Kier alpha value is -3.15. The molecule has 4 rings (SSSR count). The molecule has 0 radical (unpaired) electrons. The third-order valence-corrected chi connectivity index (χ3v) is 5.30. The first-order valence-electron chi connectivity index (χ1n) is 10.1. The average Bonchev–Trinajstić information content (AvgIpc) is 2.79. The first kappa shape index (κ1) is 19.2. The summed E-state index contributed by atoms with van der Waals surface area (Å²) < 4.78 is 13.2. The van der Waals surface area contributed by atoms with Crippen molar-refractivity contribution in [1.29, 1.82) is 0 Å². The molecule has 0 bridgehead atoms. The van der Waals surface area contributed by atoms with E-state index < -0.39 is 0 Å². The van der Waals surface area contributed by atoms with Crippen molar-refractivity contribution in [1.82, 2.24) is 9.97 Å². The minimum atomic E-state index is -0.197. The second-order valence-corrected chi connectivity index (χ2v) is 7.17. The molecule has 2 heterocycles. The quantitative estimate of drug-likeness (QED) is 0.635. The molecule has 1 aromatic heterocycles. The Kier molecular flexibility index (Phi) is 5.89. The second kappa shape index (κ2) is 8.90. The van der Waals surface area contributed by atoms with Gasteiger partial charge in [-0.2, -0.15) is 4.98 Å². The second-order valence-electron chi connectivity index (χ2n) is 7.17. The SMILES string of the molecule is CCN(Cc1ccccc1)c1nccc(N2CCN(c3ccc(F)cc3)CC2)n1. The van der Waals surface area contributed by atoms with Gasteiger partial charge in [-0.1, -0.05) is 30.3 Å². The molecule has 0 amide bonds. The molecule has 0 saturated carbocycles. The number of anilines is 3. The van der Waals surface area contributed by atoms with Gasteiger partial charge in [0.15, 0.2) is 0 Å². The number of hydrogen-bond acceptors (Lipinski definition) is 5. The summed E-state index contributed by atoms with van der Waals surface area (Å²) in [6, 6.07) is 19.1. The Balaban J connectivity index is 1.43. The molecule has 0 atom stereocenters. The van der Waals surface area contributed by atoms with Gasteiger partial charge in [-0.15, -0.1) is 0 Å². The van der Waals surface area contributed by atoms with E-state index in [9.17, 15) is 4.39 Å². The summed E-state index contributed by atoms with van der Waals surface area (Å²) in [6.45, 7) is 7.27. The first-order valence-corrected chi connectivity index (χ1v) is 10.1. The predicted octanol–water partition coefficient (Wildman–Crippen LogP) is 3.97. The number of benzene rings is 2. The molecule has 6 heteroatoms. The van der Waals surface area contributed by atoms with E-state index in [1.165, 1.54) is 17.7 Å². The monoisotopic (exact) mass is 391 g/mol. The van der Waals surface area contributed by atoms with Crippen LogP contribution < -0.4 is 14.7 Å². The molecule has 1 aliphatic rings. The number of aromatic nitrogens is 2. The summed E-state index contributed by atoms with van der Waals surface area (Å²) in [6.07, 6.45) is 1.84. The van der Waals surface area contributed by atoms with Crippen LogP contribution in [0, 0.1) is 5.82 Å². The number of hydrogen-bond donors (Lipinski definition) is 0. The van der Waals surface area contributed by atoms with Crippen molar-refractivity contribution in [3.63, 3.8) is 0 Å². The molecule has 0 N–H and O–H groups in total. The highest BCUT2D eigenvalue weighted by molar-refractivity contribution is 5.50. The smallest absolute Gasteiger partial charge is 0.227 e. The molecule has 0 spiro atoms. The van der Waals surface area contributed by atoms with Crippen molar-refractivity contribution in [3.05, 3.63) is 78.2 Å². The summed E-state index contributed by atoms with van der Waals surface area (Å²) in [7, 11) is 0. The zero-order chi connectivity index (χ0) is 20.1. The summed E-state index contributed by atoms with van der Waals surface area (Å²) in [5, 5.41) is 0. The highest BCUT2D eigenvalue weighted by Gasteiger charge is 2.19. The molecular formula is C23H26FN5. The van der Waals surface area contributed by atoms with Crippen molar-refractivity contribution >= 4 is 17.5 Å². The lowest BCUT2D eigenvalue weighted by molar-refractivity contribution is 0.624. The molecule has 5 nitrogen and oxygen atoms in total. The summed E-state index contributed by atoms with van der Waals surface area (Å²) in [5.74, 6) is 1.52. The van der Waals surface area contributed by atoms with Crippen LogP contribution in [0.1, 0.15) is 12.5 Å². The molecule has 29 heavy (non-hydrogen) atoms. The number of piperazine rings is 1. The van der Waals surface area contributed by atoms with Gasteiger partial charge in [0.2, 0.25) is 5.95 Å². The third-order valence-electron chi connectivity index (χ3n) is 5.30. The van der Waals surface area contributed by atoms with Crippen LogP contribution >= 0.6 is 0 Å². The number of rotatable bonds is 6. The van der Waals surface area contributed by atoms with Crippen LogP contribution in [0.15, 0.2) is 66.9 Å². The van der Waals surface area contributed by atoms with Crippen LogP contribution in [0.5, 0.6) is 0 Å². The number of nitrogens with zero attached hydrogens (tertiary/aromatic N) is 5. The summed E-state index contributed by atoms with van der Waals surface area (Å²) >= 11 is 0. The van der Waals surface area contributed by atoms with Crippen molar-refractivity contribution in [3.8, 4) is 0 Å². The molecule has 150 valence electrons. The maximum absolute atomic E-state index is 13.2. The van der Waals surface area contributed by atoms with Crippen molar-refractivity contribution in [2.45, 2.75) is 13.5 Å². The fourth-order valence-electron chi connectivity index (χ4n) is 3.64. The highest BCUT2D eigenvalue weighted by Crippen LogP contribution is 2.21.